The van der Waals surface area contributed by atoms with Gasteiger partial charge in [-0.2, -0.15) is 0 Å². The minimum Gasteiger partial charge on any atom is -0.562 e. The van der Waals surface area contributed by atoms with Crippen LogP contribution in [-0.4, -0.2) is 35.9 Å². The van der Waals surface area contributed by atoms with E-state index in [1.54, 1.807) is 19.1 Å². The summed E-state index contributed by atoms with van der Waals surface area (Å²) in [5, 5.41) is 13.4. The number of ether oxygens (including phenoxy) is 2. The van der Waals surface area contributed by atoms with Crippen LogP contribution in [-0.2, 0) is 17.6 Å². The lowest BCUT2D eigenvalue weighted by molar-refractivity contribution is -0.153. The number of rotatable bonds is 14. The minimum absolute atomic E-state index is 0.240. The first-order chi connectivity index (χ1) is 17.9. The Morgan fingerprint density at radius 2 is 1.54 bits per heavy atom. The topological polar surface area (TPSA) is 99.6 Å². The van der Waals surface area contributed by atoms with Crippen molar-refractivity contribution in [3.05, 3.63) is 90.0 Å². The molecule has 3 rings (SSSR count). The lowest BCUT2D eigenvalue weighted by Gasteiger charge is -2.23. The monoisotopic (exact) mass is 505 g/mol. The Kier molecular flexibility index (Phi) is 10.4. The molecule has 2 amide bonds. The molecule has 3 aromatic rings. The molecule has 37 heavy (non-hydrogen) atoms. The first-order valence-electron chi connectivity index (χ1n) is 12.7. The second kappa shape index (κ2) is 13.9. The van der Waals surface area contributed by atoms with Gasteiger partial charge in [-0.15, -0.1) is 0 Å². The summed E-state index contributed by atoms with van der Waals surface area (Å²) in [7, 11) is 0. The average Bonchev–Trinajstić information content (AvgIpc) is 2.89. The van der Waals surface area contributed by atoms with Gasteiger partial charge in [-0.1, -0.05) is 55.8 Å². The van der Waals surface area contributed by atoms with Gasteiger partial charge in [0.1, 0.15) is 11.5 Å². The van der Waals surface area contributed by atoms with Crippen LogP contribution in [0.3, 0.4) is 0 Å². The predicted octanol–water partition coefficient (Wildman–Crippen LogP) is 5.25. The van der Waals surface area contributed by atoms with E-state index in [1.807, 2.05) is 66.7 Å². The van der Waals surface area contributed by atoms with Crippen molar-refractivity contribution in [3.63, 3.8) is 0 Å². The molecule has 0 unspecified atom stereocenters. The van der Waals surface area contributed by atoms with E-state index in [0.717, 1.165) is 30.5 Å². The Hall–Kier alpha value is -4.00. The zero-order valence-electron chi connectivity index (χ0n) is 21.6. The maximum Gasteiger partial charge on any atom is 0.560 e. The summed E-state index contributed by atoms with van der Waals surface area (Å²) >= 11 is 0. The molecule has 0 fully saturated rings. The molecular weight excluding hydrogens is 468 g/mol. The minimum atomic E-state index is -1.28. The molecule has 0 aliphatic rings. The van der Waals surface area contributed by atoms with Crippen molar-refractivity contribution in [2.24, 2.45) is 0 Å². The number of carbonyl (C=O) groups excluding carboxylic acids is 2. The summed E-state index contributed by atoms with van der Waals surface area (Å²) in [6.45, 7) is 4.74. The number of carbonyl (C=O) groups is 2. The average molecular weight is 506 g/mol. The molecule has 0 radical (unpaired) electrons. The summed E-state index contributed by atoms with van der Waals surface area (Å²) in [5.41, 5.74) is 1.62. The van der Waals surface area contributed by atoms with Crippen molar-refractivity contribution in [2.45, 2.75) is 51.6 Å². The van der Waals surface area contributed by atoms with Crippen LogP contribution in [0.4, 0.5) is 10.5 Å². The number of unbranched alkanes of at least 4 members (excludes halogenated alkanes) is 1. The van der Waals surface area contributed by atoms with Gasteiger partial charge in [0.15, 0.2) is 0 Å². The molecule has 0 aliphatic heterocycles. The zero-order chi connectivity index (χ0) is 26.5. The van der Waals surface area contributed by atoms with E-state index in [2.05, 4.69) is 17.6 Å². The van der Waals surface area contributed by atoms with Gasteiger partial charge in [0, 0.05) is 23.4 Å². The summed E-state index contributed by atoms with van der Waals surface area (Å²) in [4.78, 5) is 24.1. The molecular formula is C30H37N2O5+. The van der Waals surface area contributed by atoms with E-state index in [-0.39, 0.29) is 12.5 Å². The van der Waals surface area contributed by atoms with E-state index in [0.29, 0.717) is 31.1 Å². The number of anilines is 1. The molecule has 0 heterocycles. The molecule has 4 N–H and O–H groups in total. The number of benzene rings is 3. The standard InChI is InChI=1S/C30H36N2O5/c1-3-4-9-23-12-16-25(17-13-23)32-29(35)31-20-8-21-36-26-18-14-24(15-19-26)22-30(2,28(33)34)37-27-10-6-5-7-11-27/h5-7,10-19H,3-4,8-9,20-22H2,1-2H3,(H,33,34)(H2,31,32,35)/p+1/t30-/m0/s1. The highest BCUT2D eigenvalue weighted by Gasteiger charge is 2.43. The van der Waals surface area contributed by atoms with Crippen molar-refractivity contribution < 1.29 is 24.2 Å². The third-order valence-corrected chi connectivity index (χ3v) is 5.94. The van der Waals surface area contributed by atoms with Gasteiger partial charge in [0.2, 0.25) is 0 Å². The van der Waals surface area contributed by atoms with E-state index >= 15 is 0 Å². The summed E-state index contributed by atoms with van der Waals surface area (Å²) in [6.07, 6.45) is 4.30. The van der Waals surface area contributed by atoms with Crippen molar-refractivity contribution in [1.82, 2.24) is 5.32 Å². The van der Waals surface area contributed by atoms with Crippen LogP contribution in [0.25, 0.3) is 0 Å². The van der Waals surface area contributed by atoms with Gasteiger partial charge < -0.3 is 25.2 Å². The SMILES string of the molecule is CCCCc1ccc(NC(=O)NCCCOc2ccc(C[C@](C)(Oc3ccccc3)C(=O)[OH2+])cc2)cc1. The number of nitrogens with one attached hydrogen (secondary N) is 2. The molecule has 0 bridgehead atoms. The third-order valence-electron chi connectivity index (χ3n) is 5.94. The van der Waals surface area contributed by atoms with Crippen LogP contribution in [0.2, 0.25) is 0 Å². The smallest absolute Gasteiger partial charge is 0.560 e. The van der Waals surface area contributed by atoms with Crippen molar-refractivity contribution >= 4 is 17.7 Å². The van der Waals surface area contributed by atoms with Gasteiger partial charge in [-0.3, -0.25) is 0 Å². The van der Waals surface area contributed by atoms with Crippen LogP contribution in [0.1, 0.15) is 44.2 Å². The normalized spacial score (nSPS) is 12.3. The molecule has 0 aliphatic carbocycles. The molecule has 0 saturated carbocycles. The van der Waals surface area contributed by atoms with E-state index in [9.17, 15) is 9.59 Å². The Bertz CT molecular complexity index is 1120. The highest BCUT2D eigenvalue weighted by molar-refractivity contribution is 5.89. The maximum absolute atomic E-state index is 12.1. The van der Waals surface area contributed by atoms with Crippen LogP contribution < -0.4 is 20.1 Å². The largest absolute Gasteiger partial charge is 0.562 e. The zero-order valence-corrected chi connectivity index (χ0v) is 21.6. The Balaban J connectivity index is 1.37. The molecule has 0 aromatic heterocycles. The number of para-hydroxylation sites is 1. The highest BCUT2D eigenvalue weighted by atomic mass is 16.5. The molecule has 7 nitrogen and oxygen atoms in total. The van der Waals surface area contributed by atoms with Crippen molar-refractivity contribution in [3.8, 4) is 11.5 Å². The Morgan fingerprint density at radius 3 is 2.19 bits per heavy atom. The van der Waals surface area contributed by atoms with Crippen molar-refractivity contribution in [2.75, 3.05) is 18.5 Å². The first kappa shape index (κ1) is 27.6. The van der Waals surface area contributed by atoms with Crippen molar-refractivity contribution in [1.29, 1.82) is 0 Å². The summed E-state index contributed by atoms with van der Waals surface area (Å²) in [5.74, 6) is 0.463. The first-order valence-corrected chi connectivity index (χ1v) is 12.7. The molecule has 196 valence electrons. The van der Waals surface area contributed by atoms with Crippen LogP contribution >= 0.6 is 0 Å². The third kappa shape index (κ3) is 9.18. The lowest BCUT2D eigenvalue weighted by atomic mass is 9.96. The van der Waals surface area contributed by atoms with Gasteiger partial charge in [0.25, 0.3) is 5.60 Å². The Labute approximate surface area is 218 Å². The van der Waals surface area contributed by atoms with Crippen LogP contribution in [0.5, 0.6) is 11.5 Å². The highest BCUT2D eigenvalue weighted by Crippen LogP contribution is 2.24. The van der Waals surface area contributed by atoms with E-state index in [1.165, 1.54) is 5.56 Å². The maximum atomic E-state index is 12.1. The van der Waals surface area contributed by atoms with E-state index in [4.69, 9.17) is 14.6 Å². The molecule has 0 spiro atoms. The van der Waals surface area contributed by atoms with Crippen LogP contribution in [0, 0.1) is 0 Å². The quantitative estimate of drug-likeness (QED) is 0.231. The predicted molar refractivity (Wildman–Crippen MR) is 146 cm³/mol. The number of amides is 2. The molecule has 0 saturated heterocycles. The fourth-order valence-corrected chi connectivity index (χ4v) is 3.78. The lowest BCUT2D eigenvalue weighted by Crippen LogP contribution is -2.43. The number of hydrogen-bond acceptors (Lipinski definition) is 4. The number of aryl methyl sites for hydroxylation is 1. The van der Waals surface area contributed by atoms with Gasteiger partial charge >= 0.3 is 12.0 Å². The summed E-state index contributed by atoms with van der Waals surface area (Å²) in [6, 6.07) is 24.1. The number of urea groups is 1. The Morgan fingerprint density at radius 1 is 0.865 bits per heavy atom. The number of hydrogen-bond donors (Lipinski definition) is 2. The van der Waals surface area contributed by atoms with Gasteiger partial charge in [0.05, 0.1) is 6.61 Å². The molecule has 3 aromatic carbocycles. The molecule has 7 heteroatoms. The van der Waals surface area contributed by atoms with E-state index < -0.39 is 11.6 Å². The van der Waals surface area contributed by atoms with Gasteiger partial charge in [-0.25, -0.2) is 4.79 Å². The van der Waals surface area contributed by atoms with Crippen LogP contribution in [0.15, 0.2) is 78.9 Å². The second-order valence-corrected chi connectivity index (χ2v) is 9.18. The summed E-state index contributed by atoms with van der Waals surface area (Å²) < 4.78 is 11.6. The van der Waals surface area contributed by atoms with Gasteiger partial charge in [-0.05, 0) is 73.7 Å². The second-order valence-electron chi connectivity index (χ2n) is 9.18. The fourth-order valence-electron chi connectivity index (χ4n) is 3.78. The fraction of sp³-hybridized carbons (Fsp3) is 0.333. The molecule has 1 atom stereocenters.